The number of amides is 2. The van der Waals surface area contributed by atoms with Gasteiger partial charge in [-0.15, -0.1) is 0 Å². The molecule has 2 rings (SSSR count). The molecule has 1 saturated carbocycles. The maximum absolute atomic E-state index is 12.1. The quantitative estimate of drug-likeness (QED) is 0.756. The highest BCUT2D eigenvalue weighted by Gasteiger charge is 2.42. The average molecular weight is 306 g/mol. The van der Waals surface area contributed by atoms with Crippen LogP contribution in [0.25, 0.3) is 0 Å². The molecule has 122 valence electrons. The van der Waals surface area contributed by atoms with Crippen molar-refractivity contribution in [2.24, 2.45) is 5.92 Å². The number of benzene rings is 1. The molecule has 2 amide bonds. The molecular formula is C17H26N2O3. The van der Waals surface area contributed by atoms with E-state index >= 15 is 0 Å². The zero-order chi connectivity index (χ0) is 16.3. The van der Waals surface area contributed by atoms with Gasteiger partial charge in [0.15, 0.2) is 0 Å². The van der Waals surface area contributed by atoms with Crippen LogP contribution < -0.4 is 15.4 Å². The number of nitrogens with one attached hydrogen (secondary N) is 2. The molecule has 0 heterocycles. The third-order valence-corrected chi connectivity index (χ3v) is 4.00. The first kappa shape index (κ1) is 16.6. The predicted octanol–water partition coefficient (Wildman–Crippen LogP) is 3.06. The van der Waals surface area contributed by atoms with Gasteiger partial charge in [-0.05, 0) is 70.2 Å². The number of rotatable bonds is 6. The molecule has 3 N–H and O–H groups in total. The SMILES string of the molecule is Cc1cc(NC(=O)NC(C)(CO)C2CC2)ccc1OC(C)C. The molecule has 0 spiro atoms. The Morgan fingerprint density at radius 2 is 2.14 bits per heavy atom. The van der Waals surface area contributed by atoms with Crippen LogP contribution in [-0.4, -0.2) is 29.4 Å². The fraction of sp³-hybridized carbons (Fsp3) is 0.588. The zero-order valence-corrected chi connectivity index (χ0v) is 13.8. The summed E-state index contributed by atoms with van der Waals surface area (Å²) in [6.07, 6.45) is 2.22. The van der Waals surface area contributed by atoms with E-state index in [4.69, 9.17) is 4.74 Å². The minimum absolute atomic E-state index is 0.0503. The Kier molecular flexibility index (Phi) is 4.96. The normalized spacial score (nSPS) is 17.0. The van der Waals surface area contributed by atoms with Gasteiger partial charge < -0.3 is 20.5 Å². The van der Waals surface area contributed by atoms with Gasteiger partial charge in [0.1, 0.15) is 5.75 Å². The molecule has 0 aromatic heterocycles. The monoisotopic (exact) mass is 306 g/mol. The second-order valence-electron chi connectivity index (χ2n) is 6.58. The molecule has 1 aliphatic rings. The zero-order valence-electron chi connectivity index (χ0n) is 13.8. The summed E-state index contributed by atoms with van der Waals surface area (Å²) in [6.45, 7) is 7.74. The van der Waals surface area contributed by atoms with Gasteiger partial charge in [0.2, 0.25) is 0 Å². The number of urea groups is 1. The van der Waals surface area contributed by atoms with Gasteiger partial charge in [-0.25, -0.2) is 4.79 Å². The Morgan fingerprint density at radius 1 is 1.45 bits per heavy atom. The third-order valence-electron chi connectivity index (χ3n) is 4.00. The Labute approximate surface area is 132 Å². The smallest absolute Gasteiger partial charge is 0.319 e. The summed E-state index contributed by atoms with van der Waals surface area (Å²) in [4.78, 5) is 12.1. The third kappa shape index (κ3) is 4.13. The highest BCUT2D eigenvalue weighted by molar-refractivity contribution is 5.90. The minimum Gasteiger partial charge on any atom is -0.491 e. The lowest BCUT2D eigenvalue weighted by atomic mass is 9.97. The molecule has 1 aromatic carbocycles. The van der Waals surface area contributed by atoms with Gasteiger partial charge in [0.05, 0.1) is 18.2 Å². The Hall–Kier alpha value is -1.75. The van der Waals surface area contributed by atoms with E-state index in [1.807, 2.05) is 45.9 Å². The first-order valence-electron chi connectivity index (χ1n) is 7.81. The fourth-order valence-electron chi connectivity index (χ4n) is 2.53. The summed E-state index contributed by atoms with van der Waals surface area (Å²) in [5.74, 6) is 1.19. The average Bonchev–Trinajstić information content (AvgIpc) is 3.26. The lowest BCUT2D eigenvalue weighted by molar-refractivity contribution is 0.159. The standard InChI is InChI=1S/C17H26N2O3/c1-11(2)22-15-8-7-14(9-12(15)3)18-16(21)19-17(4,10-20)13-5-6-13/h7-9,11,13,20H,5-6,10H2,1-4H3,(H2,18,19,21). The van der Waals surface area contributed by atoms with E-state index in [2.05, 4.69) is 10.6 Å². The fourth-order valence-corrected chi connectivity index (χ4v) is 2.53. The number of hydrogen-bond donors (Lipinski definition) is 3. The largest absolute Gasteiger partial charge is 0.491 e. The van der Waals surface area contributed by atoms with Crippen LogP contribution in [-0.2, 0) is 0 Å². The van der Waals surface area contributed by atoms with Crippen LogP contribution in [0.1, 0.15) is 39.2 Å². The summed E-state index contributed by atoms with van der Waals surface area (Å²) in [5, 5.41) is 15.2. The lowest BCUT2D eigenvalue weighted by Crippen LogP contribution is -2.52. The van der Waals surface area contributed by atoms with Gasteiger partial charge in [-0.3, -0.25) is 0 Å². The van der Waals surface area contributed by atoms with Crippen LogP contribution in [0.3, 0.4) is 0 Å². The van der Waals surface area contributed by atoms with E-state index in [9.17, 15) is 9.90 Å². The molecule has 1 aromatic rings. The van der Waals surface area contributed by atoms with E-state index in [1.165, 1.54) is 0 Å². The molecule has 0 bridgehead atoms. The van der Waals surface area contributed by atoms with Crippen LogP contribution in [0.2, 0.25) is 0 Å². The van der Waals surface area contributed by atoms with Crippen molar-refractivity contribution in [3.8, 4) is 5.75 Å². The van der Waals surface area contributed by atoms with E-state index in [1.54, 1.807) is 0 Å². The summed E-state index contributed by atoms with van der Waals surface area (Å²) >= 11 is 0. The number of ether oxygens (including phenoxy) is 1. The molecular weight excluding hydrogens is 280 g/mol. The topological polar surface area (TPSA) is 70.6 Å². The molecule has 22 heavy (non-hydrogen) atoms. The maximum Gasteiger partial charge on any atom is 0.319 e. The minimum atomic E-state index is -0.542. The van der Waals surface area contributed by atoms with Crippen molar-refractivity contribution in [2.75, 3.05) is 11.9 Å². The summed E-state index contributed by atoms with van der Waals surface area (Å²) < 4.78 is 5.68. The van der Waals surface area contributed by atoms with Crippen LogP contribution >= 0.6 is 0 Å². The molecule has 1 aliphatic carbocycles. The van der Waals surface area contributed by atoms with Gasteiger partial charge in [-0.2, -0.15) is 0 Å². The molecule has 5 heteroatoms. The summed E-state index contributed by atoms with van der Waals surface area (Å²) in [5.41, 5.74) is 1.14. The van der Waals surface area contributed by atoms with Gasteiger partial charge in [-0.1, -0.05) is 0 Å². The highest BCUT2D eigenvalue weighted by Crippen LogP contribution is 2.39. The second kappa shape index (κ2) is 6.57. The van der Waals surface area contributed by atoms with Crippen LogP contribution in [0.15, 0.2) is 18.2 Å². The van der Waals surface area contributed by atoms with Crippen molar-refractivity contribution < 1.29 is 14.6 Å². The second-order valence-corrected chi connectivity index (χ2v) is 6.58. The van der Waals surface area contributed by atoms with Gasteiger partial charge in [0, 0.05) is 5.69 Å². The number of anilines is 1. The number of aliphatic hydroxyl groups excluding tert-OH is 1. The van der Waals surface area contributed by atoms with Gasteiger partial charge in [0.25, 0.3) is 0 Å². The van der Waals surface area contributed by atoms with Crippen molar-refractivity contribution in [1.29, 1.82) is 0 Å². The number of carbonyl (C=O) groups excluding carboxylic acids is 1. The van der Waals surface area contributed by atoms with Crippen molar-refractivity contribution in [2.45, 2.75) is 52.2 Å². The van der Waals surface area contributed by atoms with Crippen LogP contribution in [0.5, 0.6) is 5.75 Å². The molecule has 0 saturated heterocycles. The van der Waals surface area contributed by atoms with Crippen LogP contribution in [0.4, 0.5) is 10.5 Å². The number of aliphatic hydroxyl groups is 1. The van der Waals surface area contributed by atoms with E-state index in [0.717, 1.165) is 24.2 Å². The Balaban J connectivity index is 1.98. The predicted molar refractivity (Wildman–Crippen MR) is 87.3 cm³/mol. The highest BCUT2D eigenvalue weighted by atomic mass is 16.5. The molecule has 1 unspecified atom stereocenters. The van der Waals surface area contributed by atoms with Gasteiger partial charge >= 0.3 is 6.03 Å². The van der Waals surface area contributed by atoms with Crippen molar-refractivity contribution >= 4 is 11.7 Å². The number of carbonyl (C=O) groups is 1. The molecule has 1 fully saturated rings. The molecule has 0 radical (unpaired) electrons. The molecule has 1 atom stereocenters. The Morgan fingerprint density at radius 3 is 2.64 bits per heavy atom. The van der Waals surface area contributed by atoms with Crippen molar-refractivity contribution in [3.05, 3.63) is 23.8 Å². The number of hydrogen-bond acceptors (Lipinski definition) is 3. The first-order valence-corrected chi connectivity index (χ1v) is 7.81. The Bertz CT molecular complexity index is 541. The lowest BCUT2D eigenvalue weighted by Gasteiger charge is -2.28. The molecule has 5 nitrogen and oxygen atoms in total. The molecule has 0 aliphatic heterocycles. The van der Waals surface area contributed by atoms with Crippen LogP contribution in [0, 0.1) is 12.8 Å². The van der Waals surface area contributed by atoms with E-state index < -0.39 is 5.54 Å². The van der Waals surface area contributed by atoms with E-state index in [0.29, 0.717) is 11.6 Å². The maximum atomic E-state index is 12.1. The summed E-state index contributed by atoms with van der Waals surface area (Å²) in [6, 6.07) is 5.26. The first-order chi connectivity index (χ1) is 10.3. The van der Waals surface area contributed by atoms with Crippen molar-refractivity contribution in [3.63, 3.8) is 0 Å². The van der Waals surface area contributed by atoms with Crippen molar-refractivity contribution in [1.82, 2.24) is 5.32 Å². The van der Waals surface area contributed by atoms with E-state index in [-0.39, 0.29) is 18.7 Å². The summed E-state index contributed by atoms with van der Waals surface area (Å²) in [7, 11) is 0. The number of aryl methyl sites for hydroxylation is 1.